The zero-order chi connectivity index (χ0) is 16.8. The fourth-order valence-electron chi connectivity index (χ4n) is 2.52. The average Bonchev–Trinajstić information content (AvgIpc) is 2.61. The van der Waals surface area contributed by atoms with Gasteiger partial charge in [0.25, 0.3) is 5.91 Å². The summed E-state index contributed by atoms with van der Waals surface area (Å²) >= 11 is 0. The Bertz CT molecular complexity index is 848. The van der Waals surface area contributed by atoms with Gasteiger partial charge in [0, 0.05) is 11.9 Å². The lowest BCUT2D eigenvalue weighted by molar-refractivity contribution is 0.0923. The lowest BCUT2D eigenvalue weighted by atomic mass is 10.1. The average molecular weight is 325 g/mol. The second-order valence-corrected chi connectivity index (χ2v) is 5.55. The van der Waals surface area contributed by atoms with Crippen molar-refractivity contribution in [1.82, 2.24) is 5.32 Å². The summed E-state index contributed by atoms with van der Waals surface area (Å²) in [5.74, 6) is -0.449. The van der Waals surface area contributed by atoms with Gasteiger partial charge in [-0.15, -0.1) is 0 Å². The standard InChI is InChI=1S/C19H19NO4/c21-18(20-10-11-23-13-14-6-2-1-3-7-14)16-12-15-8-4-5-9-17(15)24-19(16)22/h2,4-9,12H,1,3,10-11,13H2,(H,20,21). The van der Waals surface area contributed by atoms with Gasteiger partial charge in [-0.05, 0) is 30.5 Å². The summed E-state index contributed by atoms with van der Waals surface area (Å²) in [6, 6.07) is 8.64. The zero-order valence-electron chi connectivity index (χ0n) is 13.3. The summed E-state index contributed by atoms with van der Waals surface area (Å²) in [5, 5.41) is 3.40. The van der Waals surface area contributed by atoms with E-state index in [4.69, 9.17) is 9.15 Å². The fraction of sp³-hybridized carbons (Fsp3) is 0.263. The minimum atomic E-state index is -0.635. The van der Waals surface area contributed by atoms with Crippen molar-refractivity contribution in [3.63, 3.8) is 0 Å². The highest BCUT2D eigenvalue weighted by molar-refractivity contribution is 5.96. The maximum absolute atomic E-state index is 12.1. The van der Waals surface area contributed by atoms with Crippen molar-refractivity contribution in [3.05, 3.63) is 70.1 Å². The SMILES string of the molecule is O=C(NCCOCC1=CCCC=C1)c1cc2ccccc2oc1=O. The molecule has 0 fully saturated rings. The number of allylic oxidation sites excluding steroid dienone is 2. The Balaban J connectivity index is 1.52. The first kappa shape index (κ1) is 16.2. The third-order valence-electron chi connectivity index (χ3n) is 3.76. The molecule has 124 valence electrons. The molecule has 0 spiro atoms. The van der Waals surface area contributed by atoms with Crippen LogP contribution in [0.5, 0.6) is 0 Å². The van der Waals surface area contributed by atoms with Crippen LogP contribution in [-0.4, -0.2) is 25.7 Å². The first-order valence-corrected chi connectivity index (χ1v) is 7.98. The molecular formula is C19H19NO4. The number of para-hydroxylation sites is 1. The van der Waals surface area contributed by atoms with Crippen LogP contribution >= 0.6 is 0 Å². The lowest BCUT2D eigenvalue weighted by Gasteiger charge is -2.09. The van der Waals surface area contributed by atoms with Crippen molar-refractivity contribution in [2.24, 2.45) is 0 Å². The van der Waals surface area contributed by atoms with Crippen LogP contribution in [0.4, 0.5) is 0 Å². The van der Waals surface area contributed by atoms with Gasteiger partial charge in [0.15, 0.2) is 0 Å². The monoisotopic (exact) mass is 325 g/mol. The second kappa shape index (κ2) is 7.75. The van der Waals surface area contributed by atoms with Gasteiger partial charge in [-0.2, -0.15) is 0 Å². The number of amides is 1. The largest absolute Gasteiger partial charge is 0.422 e. The normalized spacial score (nSPS) is 13.8. The van der Waals surface area contributed by atoms with E-state index < -0.39 is 11.5 Å². The molecule has 5 heteroatoms. The van der Waals surface area contributed by atoms with E-state index in [0.29, 0.717) is 25.3 Å². The molecule has 1 heterocycles. The number of nitrogens with one attached hydrogen (secondary N) is 1. The topological polar surface area (TPSA) is 68.5 Å². The third kappa shape index (κ3) is 4.00. The summed E-state index contributed by atoms with van der Waals surface area (Å²) in [7, 11) is 0. The van der Waals surface area contributed by atoms with Gasteiger partial charge in [0.1, 0.15) is 11.1 Å². The van der Waals surface area contributed by atoms with Crippen molar-refractivity contribution in [3.8, 4) is 0 Å². The maximum atomic E-state index is 12.1. The van der Waals surface area contributed by atoms with Crippen LogP contribution in [0.15, 0.2) is 63.3 Å². The van der Waals surface area contributed by atoms with Crippen molar-refractivity contribution in [2.75, 3.05) is 19.8 Å². The number of fused-ring (bicyclic) bond motifs is 1. The highest BCUT2D eigenvalue weighted by Crippen LogP contribution is 2.12. The Hall–Kier alpha value is -2.66. The lowest BCUT2D eigenvalue weighted by Crippen LogP contribution is -2.31. The van der Waals surface area contributed by atoms with E-state index >= 15 is 0 Å². The van der Waals surface area contributed by atoms with Crippen LogP contribution in [0, 0.1) is 0 Å². The minimum Gasteiger partial charge on any atom is -0.422 e. The molecule has 1 aromatic heterocycles. The van der Waals surface area contributed by atoms with E-state index in [0.717, 1.165) is 23.8 Å². The molecule has 5 nitrogen and oxygen atoms in total. The first-order chi connectivity index (χ1) is 11.7. The molecule has 3 rings (SSSR count). The molecule has 0 unspecified atom stereocenters. The Labute approximate surface area is 139 Å². The number of carbonyl (C=O) groups is 1. The highest BCUT2D eigenvalue weighted by atomic mass is 16.5. The summed E-state index contributed by atoms with van der Waals surface area (Å²) < 4.78 is 10.7. The molecular weight excluding hydrogens is 306 g/mol. The molecule has 0 saturated carbocycles. The number of carbonyl (C=O) groups excluding carboxylic acids is 1. The molecule has 0 aliphatic heterocycles. The number of rotatable bonds is 6. The third-order valence-corrected chi connectivity index (χ3v) is 3.76. The van der Waals surface area contributed by atoms with Gasteiger partial charge in [-0.25, -0.2) is 4.79 Å². The van der Waals surface area contributed by atoms with Gasteiger partial charge < -0.3 is 14.5 Å². The van der Waals surface area contributed by atoms with E-state index in [9.17, 15) is 9.59 Å². The molecule has 0 radical (unpaired) electrons. The predicted octanol–water partition coefficient (Wildman–Crippen LogP) is 2.82. The number of benzene rings is 1. The molecule has 1 aliphatic rings. The van der Waals surface area contributed by atoms with Crippen molar-refractivity contribution < 1.29 is 13.9 Å². The smallest absolute Gasteiger partial charge is 0.349 e. The molecule has 0 saturated heterocycles. The molecule has 0 bridgehead atoms. The molecule has 0 atom stereocenters. The summed E-state index contributed by atoms with van der Waals surface area (Å²) in [5.41, 5.74) is 0.996. The van der Waals surface area contributed by atoms with Gasteiger partial charge >= 0.3 is 5.63 Å². The second-order valence-electron chi connectivity index (χ2n) is 5.55. The van der Waals surface area contributed by atoms with Crippen molar-refractivity contribution in [1.29, 1.82) is 0 Å². The minimum absolute atomic E-state index is 0.00613. The van der Waals surface area contributed by atoms with Gasteiger partial charge in [0.05, 0.1) is 13.2 Å². The van der Waals surface area contributed by atoms with Crippen LogP contribution in [0.3, 0.4) is 0 Å². The van der Waals surface area contributed by atoms with E-state index in [-0.39, 0.29) is 5.56 Å². The first-order valence-electron chi connectivity index (χ1n) is 7.98. The number of hydrogen-bond acceptors (Lipinski definition) is 4. The van der Waals surface area contributed by atoms with Gasteiger partial charge in [-0.3, -0.25) is 4.79 Å². The van der Waals surface area contributed by atoms with Crippen LogP contribution in [0.25, 0.3) is 11.0 Å². The number of hydrogen-bond donors (Lipinski definition) is 1. The molecule has 1 N–H and O–H groups in total. The van der Waals surface area contributed by atoms with E-state index in [2.05, 4.69) is 23.5 Å². The van der Waals surface area contributed by atoms with E-state index in [1.54, 1.807) is 24.3 Å². The Morgan fingerprint density at radius 1 is 1.25 bits per heavy atom. The molecule has 1 aliphatic carbocycles. The van der Waals surface area contributed by atoms with Crippen LogP contribution in [-0.2, 0) is 4.74 Å². The predicted molar refractivity (Wildman–Crippen MR) is 92.1 cm³/mol. The fourth-order valence-corrected chi connectivity index (χ4v) is 2.52. The summed E-state index contributed by atoms with van der Waals surface area (Å²) in [6.07, 6.45) is 8.46. The van der Waals surface area contributed by atoms with E-state index in [1.807, 2.05) is 6.07 Å². The molecule has 24 heavy (non-hydrogen) atoms. The van der Waals surface area contributed by atoms with Crippen LogP contribution < -0.4 is 10.9 Å². The maximum Gasteiger partial charge on any atom is 0.349 e. The van der Waals surface area contributed by atoms with Gasteiger partial charge in [0.2, 0.25) is 0 Å². The Morgan fingerprint density at radius 3 is 2.96 bits per heavy atom. The summed E-state index contributed by atoms with van der Waals surface area (Å²) in [6.45, 7) is 1.25. The molecule has 1 amide bonds. The van der Waals surface area contributed by atoms with Crippen LogP contribution in [0.2, 0.25) is 0 Å². The highest BCUT2D eigenvalue weighted by Gasteiger charge is 2.13. The zero-order valence-corrected chi connectivity index (χ0v) is 13.3. The van der Waals surface area contributed by atoms with Crippen LogP contribution in [0.1, 0.15) is 23.2 Å². The van der Waals surface area contributed by atoms with Crippen molar-refractivity contribution in [2.45, 2.75) is 12.8 Å². The van der Waals surface area contributed by atoms with Crippen molar-refractivity contribution >= 4 is 16.9 Å². The Kier molecular flexibility index (Phi) is 5.23. The quantitative estimate of drug-likeness (QED) is 0.655. The Morgan fingerprint density at radius 2 is 2.12 bits per heavy atom. The van der Waals surface area contributed by atoms with Gasteiger partial charge in [-0.1, -0.05) is 36.4 Å². The number of ether oxygens (including phenoxy) is 1. The summed E-state index contributed by atoms with van der Waals surface area (Å²) in [4.78, 5) is 24.0. The van der Waals surface area contributed by atoms with E-state index in [1.165, 1.54) is 0 Å². The molecule has 2 aromatic rings. The molecule has 1 aromatic carbocycles.